The Morgan fingerprint density at radius 1 is 1.19 bits per heavy atom. The van der Waals surface area contributed by atoms with Crippen molar-refractivity contribution in [1.29, 1.82) is 0 Å². The molecule has 2 amide bonds. The summed E-state index contributed by atoms with van der Waals surface area (Å²) in [6, 6.07) is 6.71. The molecule has 1 aliphatic carbocycles. The summed E-state index contributed by atoms with van der Waals surface area (Å²) in [7, 11) is 0. The highest BCUT2D eigenvalue weighted by Crippen LogP contribution is 2.31. The van der Waals surface area contributed by atoms with Crippen LogP contribution in [0.15, 0.2) is 30.5 Å². The highest BCUT2D eigenvalue weighted by molar-refractivity contribution is 6.13. The van der Waals surface area contributed by atoms with Gasteiger partial charge in [0.05, 0.1) is 17.1 Å². The molecule has 1 aliphatic rings. The number of pyridine rings is 1. The quantitative estimate of drug-likeness (QED) is 0.744. The Hall–Kier alpha value is -3.22. The predicted molar refractivity (Wildman–Crippen MR) is 103 cm³/mol. The summed E-state index contributed by atoms with van der Waals surface area (Å²) in [5.74, 6) is -0.682. The number of anilines is 1. The lowest BCUT2D eigenvalue weighted by Gasteiger charge is -2.12. The van der Waals surface area contributed by atoms with Gasteiger partial charge in [-0.2, -0.15) is 5.10 Å². The van der Waals surface area contributed by atoms with E-state index in [-0.39, 0.29) is 11.9 Å². The first-order valence-electron chi connectivity index (χ1n) is 9.06. The van der Waals surface area contributed by atoms with Crippen LogP contribution in [0.25, 0.3) is 11.0 Å². The number of carbonyl (C=O) groups is 2. The van der Waals surface area contributed by atoms with E-state index >= 15 is 0 Å². The van der Waals surface area contributed by atoms with Gasteiger partial charge in [-0.3, -0.25) is 9.59 Å². The van der Waals surface area contributed by atoms with Crippen molar-refractivity contribution in [3.05, 3.63) is 52.8 Å². The predicted octanol–water partition coefficient (Wildman–Crippen LogP) is 2.85. The number of carbonyl (C=O) groups excluding carboxylic acids is 2. The first kappa shape index (κ1) is 17.2. The minimum atomic E-state index is -0.498. The van der Waals surface area contributed by atoms with Crippen molar-refractivity contribution in [3.63, 3.8) is 0 Å². The lowest BCUT2D eigenvalue weighted by atomic mass is 10.0. The standard InChI is InChI=1S/C20H21N5O2/c1-11(2)25-19-15(10-22-25)17(14-4-3-5-16(14)24-19)20(27)23-13-8-6-12(7-9-13)18(21)26/h6-11H,3-5H2,1-2H3,(H2,21,26)(H,23,27). The number of benzene rings is 1. The van der Waals surface area contributed by atoms with Gasteiger partial charge in [-0.15, -0.1) is 0 Å². The normalized spacial score (nSPS) is 13.1. The lowest BCUT2D eigenvalue weighted by Crippen LogP contribution is -2.16. The number of primary amides is 1. The monoisotopic (exact) mass is 363 g/mol. The highest BCUT2D eigenvalue weighted by atomic mass is 16.2. The van der Waals surface area contributed by atoms with E-state index in [1.807, 2.05) is 18.5 Å². The number of nitrogens with zero attached hydrogens (tertiary/aromatic N) is 3. The minimum absolute atomic E-state index is 0.159. The van der Waals surface area contributed by atoms with Gasteiger partial charge in [0.1, 0.15) is 0 Å². The Morgan fingerprint density at radius 3 is 2.59 bits per heavy atom. The molecule has 3 aromatic rings. The van der Waals surface area contributed by atoms with E-state index < -0.39 is 5.91 Å². The number of nitrogens with one attached hydrogen (secondary N) is 1. The van der Waals surface area contributed by atoms with Crippen LogP contribution in [0, 0.1) is 0 Å². The lowest BCUT2D eigenvalue weighted by molar-refractivity contribution is 0.0998. The molecule has 0 unspecified atom stereocenters. The van der Waals surface area contributed by atoms with Crippen molar-refractivity contribution < 1.29 is 9.59 Å². The van der Waals surface area contributed by atoms with E-state index in [0.717, 1.165) is 41.6 Å². The third kappa shape index (κ3) is 2.95. The van der Waals surface area contributed by atoms with Crippen LogP contribution in [-0.2, 0) is 12.8 Å². The van der Waals surface area contributed by atoms with Crippen LogP contribution in [0.1, 0.15) is 58.3 Å². The van der Waals surface area contributed by atoms with Crippen LogP contribution in [-0.4, -0.2) is 26.6 Å². The maximum Gasteiger partial charge on any atom is 0.256 e. The van der Waals surface area contributed by atoms with E-state index in [0.29, 0.717) is 16.8 Å². The van der Waals surface area contributed by atoms with E-state index in [2.05, 4.69) is 10.4 Å². The molecule has 0 fully saturated rings. The summed E-state index contributed by atoms with van der Waals surface area (Å²) < 4.78 is 1.85. The molecular weight excluding hydrogens is 342 g/mol. The molecule has 27 heavy (non-hydrogen) atoms. The van der Waals surface area contributed by atoms with Gasteiger partial charge in [0.2, 0.25) is 5.91 Å². The molecule has 1 aromatic carbocycles. The van der Waals surface area contributed by atoms with Gasteiger partial charge >= 0.3 is 0 Å². The molecule has 7 nitrogen and oxygen atoms in total. The number of fused-ring (bicyclic) bond motifs is 2. The number of rotatable bonds is 4. The third-order valence-corrected chi connectivity index (χ3v) is 4.91. The molecule has 0 aliphatic heterocycles. The van der Waals surface area contributed by atoms with Crippen molar-refractivity contribution in [1.82, 2.24) is 14.8 Å². The molecule has 4 rings (SSSR count). The van der Waals surface area contributed by atoms with E-state index in [1.54, 1.807) is 30.5 Å². The fourth-order valence-electron chi connectivity index (χ4n) is 3.60. The molecule has 3 N–H and O–H groups in total. The summed E-state index contributed by atoms with van der Waals surface area (Å²) >= 11 is 0. The van der Waals surface area contributed by atoms with Crippen molar-refractivity contribution in [2.24, 2.45) is 5.73 Å². The molecule has 0 saturated heterocycles. The number of hydrogen-bond donors (Lipinski definition) is 2. The summed E-state index contributed by atoms with van der Waals surface area (Å²) in [6.07, 6.45) is 4.44. The average Bonchev–Trinajstić information content (AvgIpc) is 3.26. The number of hydrogen-bond acceptors (Lipinski definition) is 4. The highest BCUT2D eigenvalue weighted by Gasteiger charge is 2.26. The second-order valence-electron chi connectivity index (χ2n) is 7.08. The first-order chi connectivity index (χ1) is 13.0. The largest absolute Gasteiger partial charge is 0.366 e. The first-order valence-corrected chi connectivity index (χ1v) is 9.06. The van der Waals surface area contributed by atoms with Gasteiger partial charge in [0.25, 0.3) is 5.91 Å². The Kier molecular flexibility index (Phi) is 4.14. The summed E-state index contributed by atoms with van der Waals surface area (Å²) in [6.45, 7) is 4.09. The average molecular weight is 363 g/mol. The number of nitrogens with two attached hydrogens (primary N) is 1. The molecule has 2 heterocycles. The second kappa shape index (κ2) is 6.50. The Labute approximate surface area is 156 Å². The van der Waals surface area contributed by atoms with Crippen molar-refractivity contribution in [3.8, 4) is 0 Å². The zero-order valence-electron chi connectivity index (χ0n) is 15.3. The topological polar surface area (TPSA) is 103 Å². The second-order valence-corrected chi connectivity index (χ2v) is 7.08. The van der Waals surface area contributed by atoms with Crippen LogP contribution in [0.3, 0.4) is 0 Å². The summed E-state index contributed by atoms with van der Waals surface area (Å²) in [4.78, 5) is 29.1. The molecule has 0 saturated carbocycles. The number of aryl methyl sites for hydroxylation is 1. The molecular formula is C20H21N5O2. The molecule has 2 aromatic heterocycles. The SMILES string of the molecule is CC(C)n1ncc2c(C(=O)Nc3ccc(C(N)=O)cc3)c3c(nc21)CCC3. The Balaban J connectivity index is 1.76. The minimum Gasteiger partial charge on any atom is -0.366 e. The van der Waals surface area contributed by atoms with Crippen LogP contribution >= 0.6 is 0 Å². The number of aromatic nitrogens is 3. The smallest absolute Gasteiger partial charge is 0.256 e. The van der Waals surface area contributed by atoms with Crippen LogP contribution in [0.2, 0.25) is 0 Å². The zero-order valence-corrected chi connectivity index (χ0v) is 15.3. The van der Waals surface area contributed by atoms with Gasteiger partial charge in [-0.05, 0) is 62.9 Å². The molecule has 0 atom stereocenters. The van der Waals surface area contributed by atoms with E-state index in [1.165, 1.54) is 0 Å². The fraction of sp³-hybridized carbons (Fsp3) is 0.300. The van der Waals surface area contributed by atoms with Gasteiger partial charge in [0, 0.05) is 23.0 Å². The van der Waals surface area contributed by atoms with E-state index in [9.17, 15) is 9.59 Å². The summed E-state index contributed by atoms with van der Waals surface area (Å²) in [5, 5.41) is 8.14. The zero-order chi connectivity index (χ0) is 19.1. The molecule has 138 valence electrons. The third-order valence-electron chi connectivity index (χ3n) is 4.91. The Bertz CT molecular complexity index is 1050. The molecule has 0 bridgehead atoms. The number of amides is 2. The van der Waals surface area contributed by atoms with Gasteiger partial charge in [-0.1, -0.05) is 0 Å². The molecule has 0 radical (unpaired) electrons. The van der Waals surface area contributed by atoms with Gasteiger partial charge in [0.15, 0.2) is 5.65 Å². The summed E-state index contributed by atoms with van der Waals surface area (Å²) in [5.41, 5.74) is 9.67. The molecule has 7 heteroatoms. The van der Waals surface area contributed by atoms with E-state index in [4.69, 9.17) is 10.7 Å². The Morgan fingerprint density at radius 2 is 1.93 bits per heavy atom. The van der Waals surface area contributed by atoms with Crippen molar-refractivity contribution >= 4 is 28.5 Å². The van der Waals surface area contributed by atoms with Crippen molar-refractivity contribution in [2.75, 3.05) is 5.32 Å². The maximum atomic E-state index is 13.1. The van der Waals surface area contributed by atoms with Crippen LogP contribution in [0.5, 0.6) is 0 Å². The van der Waals surface area contributed by atoms with Gasteiger partial charge in [-0.25, -0.2) is 9.67 Å². The van der Waals surface area contributed by atoms with Gasteiger partial charge < -0.3 is 11.1 Å². The molecule has 0 spiro atoms. The van der Waals surface area contributed by atoms with Crippen molar-refractivity contribution in [2.45, 2.75) is 39.2 Å². The van der Waals surface area contributed by atoms with Crippen LogP contribution in [0.4, 0.5) is 5.69 Å². The fourth-order valence-corrected chi connectivity index (χ4v) is 3.60. The van der Waals surface area contributed by atoms with Crippen LogP contribution < -0.4 is 11.1 Å². The maximum absolute atomic E-state index is 13.1.